The molecule has 1 aromatic heterocycles. The van der Waals surface area contributed by atoms with Crippen LogP contribution in [0.4, 0.5) is 0 Å². The molecular formula is C19H18N2O3S. The summed E-state index contributed by atoms with van der Waals surface area (Å²) in [5, 5.41) is 0. The summed E-state index contributed by atoms with van der Waals surface area (Å²) >= 11 is 0. The molecule has 0 bridgehead atoms. The average Bonchev–Trinajstić information content (AvgIpc) is 2.53. The summed E-state index contributed by atoms with van der Waals surface area (Å²) in [5.74, 6) is -0.0459. The predicted octanol–water partition coefficient (Wildman–Crippen LogP) is 3.77. The number of hydrogen-bond acceptors (Lipinski definition) is 5. The summed E-state index contributed by atoms with van der Waals surface area (Å²) in [6, 6.07) is 15.7. The van der Waals surface area contributed by atoms with E-state index in [0.717, 1.165) is 28.5 Å². The lowest BCUT2D eigenvalue weighted by Crippen LogP contribution is -2.08. The van der Waals surface area contributed by atoms with Gasteiger partial charge in [0.2, 0.25) is 0 Å². The molecule has 0 spiro atoms. The zero-order valence-corrected chi connectivity index (χ0v) is 15.0. The van der Waals surface area contributed by atoms with E-state index in [2.05, 4.69) is 9.97 Å². The second-order valence-electron chi connectivity index (χ2n) is 5.93. The highest BCUT2D eigenvalue weighted by Gasteiger charge is 2.15. The maximum Gasteiger partial charge on any atom is 0.307 e. The van der Waals surface area contributed by atoms with Gasteiger partial charge in [-0.2, -0.15) is 8.42 Å². The molecule has 3 aromatic rings. The van der Waals surface area contributed by atoms with Gasteiger partial charge in [-0.05, 0) is 26.0 Å². The Morgan fingerprint density at radius 1 is 0.880 bits per heavy atom. The highest BCUT2D eigenvalue weighted by molar-refractivity contribution is 7.86. The van der Waals surface area contributed by atoms with Gasteiger partial charge in [0.25, 0.3) is 5.88 Å². The Morgan fingerprint density at radius 3 is 1.96 bits per heavy atom. The predicted molar refractivity (Wildman–Crippen MR) is 97.8 cm³/mol. The molecular weight excluding hydrogens is 336 g/mol. The normalized spacial score (nSPS) is 11.3. The van der Waals surface area contributed by atoms with Crippen molar-refractivity contribution in [1.82, 2.24) is 9.97 Å². The minimum absolute atomic E-state index is 0.0459. The first-order valence-electron chi connectivity index (χ1n) is 7.72. The molecule has 6 heteroatoms. The van der Waals surface area contributed by atoms with Crippen molar-refractivity contribution in [2.45, 2.75) is 13.8 Å². The molecule has 0 fully saturated rings. The summed E-state index contributed by atoms with van der Waals surface area (Å²) in [5.41, 5.74) is 5.19. The van der Waals surface area contributed by atoms with Crippen LogP contribution in [0, 0.1) is 13.8 Å². The van der Waals surface area contributed by atoms with Crippen molar-refractivity contribution in [3.8, 4) is 28.4 Å². The Morgan fingerprint density at radius 2 is 1.44 bits per heavy atom. The van der Waals surface area contributed by atoms with Crippen molar-refractivity contribution in [1.29, 1.82) is 0 Å². The van der Waals surface area contributed by atoms with Gasteiger partial charge in [-0.3, -0.25) is 0 Å². The van der Waals surface area contributed by atoms with Crippen molar-refractivity contribution in [3.05, 3.63) is 65.9 Å². The Bertz CT molecular complexity index is 1030. The van der Waals surface area contributed by atoms with Crippen LogP contribution in [-0.4, -0.2) is 24.6 Å². The molecule has 0 N–H and O–H groups in total. The molecule has 3 rings (SSSR count). The molecule has 1 heterocycles. The van der Waals surface area contributed by atoms with Crippen LogP contribution < -0.4 is 4.18 Å². The lowest BCUT2D eigenvalue weighted by molar-refractivity contribution is 0.481. The molecule has 0 unspecified atom stereocenters. The molecule has 0 atom stereocenters. The average molecular weight is 354 g/mol. The van der Waals surface area contributed by atoms with E-state index in [4.69, 9.17) is 4.18 Å². The monoisotopic (exact) mass is 354 g/mol. The summed E-state index contributed by atoms with van der Waals surface area (Å²) in [7, 11) is -3.67. The van der Waals surface area contributed by atoms with E-state index in [1.807, 2.05) is 62.4 Å². The summed E-state index contributed by atoms with van der Waals surface area (Å²) in [6.07, 6.45) is 2.31. The molecule has 25 heavy (non-hydrogen) atoms. The molecule has 0 radical (unpaired) electrons. The van der Waals surface area contributed by atoms with E-state index < -0.39 is 10.1 Å². The quantitative estimate of drug-likeness (QED) is 0.667. The SMILES string of the molecule is Cc1cccc(-c2ncc(OS(C)(=O)=O)nc2-c2cccc(C)c2)c1. The second kappa shape index (κ2) is 6.64. The number of rotatable bonds is 4. The number of aryl methyl sites for hydroxylation is 2. The largest absolute Gasteiger partial charge is 0.360 e. The van der Waals surface area contributed by atoms with Crippen LogP contribution in [0.1, 0.15) is 11.1 Å². The van der Waals surface area contributed by atoms with Crippen LogP contribution in [-0.2, 0) is 10.1 Å². The van der Waals surface area contributed by atoms with Crippen molar-refractivity contribution in [2.24, 2.45) is 0 Å². The molecule has 0 saturated carbocycles. The van der Waals surface area contributed by atoms with Crippen LogP contribution >= 0.6 is 0 Å². The van der Waals surface area contributed by atoms with Gasteiger partial charge < -0.3 is 4.18 Å². The lowest BCUT2D eigenvalue weighted by atomic mass is 10.0. The van der Waals surface area contributed by atoms with Gasteiger partial charge in [0.05, 0.1) is 18.1 Å². The third kappa shape index (κ3) is 4.22. The first-order valence-corrected chi connectivity index (χ1v) is 9.54. The zero-order valence-electron chi connectivity index (χ0n) is 14.2. The summed E-state index contributed by atoms with van der Waals surface area (Å²) < 4.78 is 27.7. The van der Waals surface area contributed by atoms with E-state index in [9.17, 15) is 8.42 Å². The van der Waals surface area contributed by atoms with Gasteiger partial charge in [-0.25, -0.2) is 9.97 Å². The number of benzene rings is 2. The molecule has 0 saturated heterocycles. The van der Waals surface area contributed by atoms with Gasteiger partial charge in [0, 0.05) is 11.1 Å². The van der Waals surface area contributed by atoms with E-state index in [1.54, 1.807) is 0 Å². The molecule has 0 aliphatic rings. The number of nitrogens with zero attached hydrogens (tertiary/aromatic N) is 2. The lowest BCUT2D eigenvalue weighted by Gasteiger charge is -2.11. The molecule has 5 nitrogen and oxygen atoms in total. The Balaban J connectivity index is 2.21. The fourth-order valence-electron chi connectivity index (χ4n) is 2.57. The molecule has 0 aliphatic heterocycles. The maximum absolute atomic E-state index is 11.4. The maximum atomic E-state index is 11.4. The van der Waals surface area contributed by atoms with Crippen molar-refractivity contribution in [2.75, 3.05) is 6.26 Å². The number of aromatic nitrogens is 2. The molecule has 0 aliphatic carbocycles. The second-order valence-corrected chi connectivity index (χ2v) is 7.51. The van der Waals surface area contributed by atoms with Gasteiger partial charge in [0.1, 0.15) is 5.69 Å². The third-order valence-corrected chi connectivity index (χ3v) is 4.04. The number of hydrogen-bond donors (Lipinski definition) is 0. The first-order chi connectivity index (χ1) is 11.8. The Kier molecular flexibility index (Phi) is 4.55. The van der Waals surface area contributed by atoms with Crippen LogP contribution in [0.5, 0.6) is 5.88 Å². The highest BCUT2D eigenvalue weighted by Crippen LogP contribution is 2.31. The molecule has 128 valence electrons. The fraction of sp³-hybridized carbons (Fsp3) is 0.158. The smallest absolute Gasteiger partial charge is 0.307 e. The van der Waals surface area contributed by atoms with E-state index in [-0.39, 0.29) is 5.88 Å². The van der Waals surface area contributed by atoms with Crippen LogP contribution in [0.2, 0.25) is 0 Å². The Hall–Kier alpha value is -2.73. The van der Waals surface area contributed by atoms with Gasteiger partial charge in [0.15, 0.2) is 0 Å². The first kappa shape index (κ1) is 17.1. The zero-order chi connectivity index (χ0) is 18.0. The fourth-order valence-corrected chi connectivity index (χ4v) is 2.96. The van der Waals surface area contributed by atoms with E-state index in [0.29, 0.717) is 11.4 Å². The third-order valence-electron chi connectivity index (χ3n) is 3.57. The van der Waals surface area contributed by atoms with Crippen molar-refractivity contribution >= 4 is 10.1 Å². The van der Waals surface area contributed by atoms with Crippen LogP contribution in [0.25, 0.3) is 22.5 Å². The van der Waals surface area contributed by atoms with Crippen molar-refractivity contribution < 1.29 is 12.6 Å². The standard InChI is InChI=1S/C19H18N2O3S/c1-13-6-4-8-15(10-13)18-19(16-9-5-7-14(2)11-16)21-17(12-20-18)24-25(3,22)23/h4-12H,1-3H3. The van der Waals surface area contributed by atoms with Gasteiger partial charge in [-0.1, -0.05) is 47.5 Å². The van der Waals surface area contributed by atoms with Gasteiger partial charge >= 0.3 is 10.1 Å². The highest BCUT2D eigenvalue weighted by atomic mass is 32.2. The van der Waals surface area contributed by atoms with Crippen molar-refractivity contribution in [3.63, 3.8) is 0 Å². The van der Waals surface area contributed by atoms with E-state index >= 15 is 0 Å². The summed E-state index contributed by atoms with van der Waals surface area (Å²) in [6.45, 7) is 3.99. The van der Waals surface area contributed by atoms with Gasteiger partial charge in [-0.15, -0.1) is 0 Å². The van der Waals surface area contributed by atoms with Crippen LogP contribution in [0.3, 0.4) is 0 Å². The summed E-state index contributed by atoms with van der Waals surface area (Å²) in [4.78, 5) is 8.84. The minimum atomic E-state index is -3.67. The topological polar surface area (TPSA) is 69.2 Å². The molecule has 2 aromatic carbocycles. The van der Waals surface area contributed by atoms with Crippen LogP contribution in [0.15, 0.2) is 54.7 Å². The molecule has 0 amide bonds. The minimum Gasteiger partial charge on any atom is -0.360 e. The van der Waals surface area contributed by atoms with E-state index in [1.165, 1.54) is 6.20 Å². The Labute approximate surface area is 147 Å².